The third-order valence-electron chi connectivity index (χ3n) is 6.18. The molecule has 0 saturated heterocycles. The lowest BCUT2D eigenvalue weighted by Crippen LogP contribution is -2.43. The molecule has 37 heavy (non-hydrogen) atoms. The van der Waals surface area contributed by atoms with E-state index in [-0.39, 0.29) is 17.3 Å². The molecule has 0 radical (unpaired) electrons. The Morgan fingerprint density at radius 3 is 1.86 bits per heavy atom. The molecule has 3 aromatic rings. The second-order valence-corrected chi connectivity index (χ2v) is 10.9. The van der Waals surface area contributed by atoms with Crippen LogP contribution in [0.1, 0.15) is 52.7 Å². The van der Waals surface area contributed by atoms with Crippen molar-refractivity contribution in [3.05, 3.63) is 68.4 Å². The molecule has 0 aliphatic heterocycles. The van der Waals surface area contributed by atoms with Crippen molar-refractivity contribution in [2.45, 2.75) is 52.4 Å². The van der Waals surface area contributed by atoms with E-state index in [1.807, 2.05) is 41.5 Å². The van der Waals surface area contributed by atoms with Crippen molar-refractivity contribution in [3.8, 4) is 17.2 Å². The lowest BCUT2D eigenvalue weighted by Gasteiger charge is -2.30. The molecule has 0 bridgehead atoms. The van der Waals surface area contributed by atoms with Crippen LogP contribution in [0.4, 0.5) is 22.0 Å². The molecule has 0 fully saturated rings. The number of benzene rings is 2. The molecule has 0 saturated carbocycles. The Bertz CT molecular complexity index is 1440. The summed E-state index contributed by atoms with van der Waals surface area (Å²) in [4.78, 5) is 39.9. The summed E-state index contributed by atoms with van der Waals surface area (Å²) in [5.41, 5.74) is 4.68. The second-order valence-electron chi connectivity index (χ2n) is 10.9. The van der Waals surface area contributed by atoms with Crippen LogP contribution in [0.25, 0.3) is 5.69 Å². The van der Waals surface area contributed by atoms with Crippen LogP contribution in [0, 0.1) is 0 Å². The third-order valence-corrected chi connectivity index (χ3v) is 6.18. The molecule has 0 aliphatic carbocycles. The molecule has 3 rings (SSSR count). The number of carbonyl (C=O) groups is 1. The standard InChI is InChI=1S/C27H34N4O6/c1-26(2,3)18-13-16(14-19(21(18)32)27(4,5)6)30(25(35)36)20-22(28)31(24(34)29(7)23(20)33)15-9-11-17(37-8)12-10-15/h9-14,32H,28H2,1-8H3,(H,35,36). The predicted molar refractivity (Wildman–Crippen MR) is 144 cm³/mol. The van der Waals surface area contributed by atoms with Crippen molar-refractivity contribution in [1.29, 1.82) is 0 Å². The van der Waals surface area contributed by atoms with E-state index in [1.54, 1.807) is 24.3 Å². The lowest BCUT2D eigenvalue weighted by molar-refractivity contribution is 0.204. The summed E-state index contributed by atoms with van der Waals surface area (Å²) >= 11 is 0. The zero-order valence-corrected chi connectivity index (χ0v) is 22.4. The Kier molecular flexibility index (Phi) is 6.91. The molecule has 0 atom stereocenters. The van der Waals surface area contributed by atoms with E-state index >= 15 is 0 Å². The van der Waals surface area contributed by atoms with E-state index in [0.29, 0.717) is 22.6 Å². The first-order chi connectivity index (χ1) is 17.0. The number of methoxy groups -OCH3 is 1. The van der Waals surface area contributed by atoms with Gasteiger partial charge in [0, 0.05) is 18.2 Å². The van der Waals surface area contributed by atoms with Crippen LogP contribution in [0.3, 0.4) is 0 Å². The summed E-state index contributed by atoms with van der Waals surface area (Å²) < 4.78 is 7.04. The number of rotatable bonds is 4. The summed E-state index contributed by atoms with van der Waals surface area (Å²) in [6.07, 6.45) is -1.48. The molecule has 0 spiro atoms. The van der Waals surface area contributed by atoms with E-state index in [9.17, 15) is 24.6 Å². The zero-order valence-electron chi connectivity index (χ0n) is 22.4. The van der Waals surface area contributed by atoms with Gasteiger partial charge in [-0.15, -0.1) is 0 Å². The maximum absolute atomic E-state index is 13.3. The molecule has 198 valence electrons. The van der Waals surface area contributed by atoms with Crippen molar-refractivity contribution in [2.24, 2.45) is 7.05 Å². The van der Waals surface area contributed by atoms with Gasteiger partial charge in [-0.3, -0.25) is 9.36 Å². The lowest BCUT2D eigenvalue weighted by atomic mass is 9.79. The number of carboxylic acid groups (broad SMARTS) is 1. The maximum Gasteiger partial charge on any atom is 0.416 e. The summed E-state index contributed by atoms with van der Waals surface area (Å²) in [6, 6.07) is 9.44. The smallest absolute Gasteiger partial charge is 0.416 e. The fourth-order valence-corrected chi connectivity index (χ4v) is 4.13. The summed E-state index contributed by atoms with van der Waals surface area (Å²) in [5, 5.41) is 21.4. The monoisotopic (exact) mass is 510 g/mol. The fourth-order valence-electron chi connectivity index (χ4n) is 4.13. The number of ether oxygens (including phenoxy) is 1. The molecular formula is C27H34N4O6. The van der Waals surface area contributed by atoms with Gasteiger partial charge in [-0.1, -0.05) is 41.5 Å². The minimum Gasteiger partial charge on any atom is -0.507 e. The number of hydrogen-bond acceptors (Lipinski definition) is 6. The first kappa shape index (κ1) is 27.4. The quantitative estimate of drug-likeness (QED) is 0.477. The van der Waals surface area contributed by atoms with Crippen LogP contribution in [-0.4, -0.2) is 32.6 Å². The van der Waals surface area contributed by atoms with Gasteiger partial charge < -0.3 is 20.7 Å². The number of aromatic nitrogens is 2. The van der Waals surface area contributed by atoms with E-state index < -0.39 is 33.9 Å². The average molecular weight is 511 g/mol. The summed E-state index contributed by atoms with van der Waals surface area (Å²) in [5.74, 6) is 0.252. The molecule has 0 unspecified atom stereocenters. The van der Waals surface area contributed by atoms with Gasteiger partial charge in [0.2, 0.25) is 0 Å². The number of hydrogen-bond donors (Lipinski definition) is 3. The van der Waals surface area contributed by atoms with Crippen molar-refractivity contribution in [1.82, 2.24) is 9.13 Å². The van der Waals surface area contributed by atoms with E-state index in [0.717, 1.165) is 14.0 Å². The minimum atomic E-state index is -1.48. The highest BCUT2D eigenvalue weighted by molar-refractivity contribution is 5.98. The highest BCUT2D eigenvalue weighted by atomic mass is 16.5. The minimum absolute atomic E-state index is 0.0539. The van der Waals surface area contributed by atoms with Gasteiger partial charge in [0.25, 0.3) is 5.56 Å². The van der Waals surface area contributed by atoms with Crippen LogP contribution in [0.5, 0.6) is 11.5 Å². The summed E-state index contributed by atoms with van der Waals surface area (Å²) in [6.45, 7) is 11.3. The maximum atomic E-state index is 13.3. The average Bonchev–Trinajstić information content (AvgIpc) is 2.79. The Balaban J connectivity index is 2.44. The molecule has 4 N–H and O–H groups in total. The molecule has 0 aliphatic rings. The Morgan fingerprint density at radius 1 is 0.973 bits per heavy atom. The van der Waals surface area contributed by atoms with Crippen molar-refractivity contribution >= 4 is 23.3 Å². The predicted octanol–water partition coefficient (Wildman–Crippen LogP) is 4.24. The van der Waals surface area contributed by atoms with Crippen LogP contribution < -0.4 is 26.6 Å². The number of nitrogens with zero attached hydrogens (tertiary/aromatic N) is 3. The molecule has 1 aromatic heterocycles. The Morgan fingerprint density at radius 2 is 1.46 bits per heavy atom. The first-order valence-corrected chi connectivity index (χ1v) is 11.7. The summed E-state index contributed by atoms with van der Waals surface area (Å²) in [7, 11) is 2.76. The van der Waals surface area contributed by atoms with Gasteiger partial charge in [-0.2, -0.15) is 0 Å². The Labute approximate surface area is 215 Å². The van der Waals surface area contributed by atoms with Gasteiger partial charge >= 0.3 is 11.8 Å². The van der Waals surface area contributed by atoms with E-state index in [2.05, 4.69) is 0 Å². The van der Waals surface area contributed by atoms with Crippen LogP contribution in [0.2, 0.25) is 0 Å². The topological polar surface area (TPSA) is 140 Å². The highest BCUT2D eigenvalue weighted by Crippen LogP contribution is 2.43. The van der Waals surface area contributed by atoms with Gasteiger partial charge in [0.15, 0.2) is 5.69 Å². The number of phenolic OH excluding ortho intramolecular Hbond substituents is 1. The van der Waals surface area contributed by atoms with Gasteiger partial charge in [-0.05, 0) is 47.2 Å². The van der Waals surface area contributed by atoms with Gasteiger partial charge in [0.05, 0.1) is 18.5 Å². The van der Waals surface area contributed by atoms with E-state index in [4.69, 9.17) is 10.5 Å². The van der Waals surface area contributed by atoms with Gasteiger partial charge in [-0.25, -0.2) is 19.1 Å². The second kappa shape index (κ2) is 9.34. The highest BCUT2D eigenvalue weighted by Gasteiger charge is 2.32. The SMILES string of the molecule is COc1ccc(-n2c(N)c(N(C(=O)O)c3cc(C(C)(C)C)c(O)c(C(C)(C)C)c3)c(=O)n(C)c2=O)cc1. The molecule has 1 amide bonds. The number of aromatic hydroxyl groups is 1. The normalized spacial score (nSPS) is 11.9. The molecule has 2 aromatic carbocycles. The third kappa shape index (κ3) is 4.91. The number of anilines is 3. The fraction of sp³-hybridized carbons (Fsp3) is 0.370. The van der Waals surface area contributed by atoms with Crippen LogP contribution in [0.15, 0.2) is 46.0 Å². The molecule has 10 nitrogen and oxygen atoms in total. The van der Waals surface area contributed by atoms with Crippen molar-refractivity contribution in [2.75, 3.05) is 17.7 Å². The van der Waals surface area contributed by atoms with E-state index in [1.165, 1.54) is 26.3 Å². The van der Waals surface area contributed by atoms with Crippen molar-refractivity contribution in [3.63, 3.8) is 0 Å². The van der Waals surface area contributed by atoms with Crippen molar-refractivity contribution < 1.29 is 19.7 Å². The zero-order chi connectivity index (χ0) is 28.0. The Hall–Kier alpha value is -4.21. The van der Waals surface area contributed by atoms with Crippen LogP contribution in [-0.2, 0) is 17.9 Å². The number of amides is 1. The number of nitrogen functional groups attached to an aromatic ring is 1. The largest absolute Gasteiger partial charge is 0.507 e. The first-order valence-electron chi connectivity index (χ1n) is 11.7. The molecular weight excluding hydrogens is 476 g/mol. The number of phenols is 1. The van der Waals surface area contributed by atoms with Crippen LogP contribution >= 0.6 is 0 Å². The van der Waals surface area contributed by atoms with Gasteiger partial charge in [0.1, 0.15) is 17.3 Å². The molecule has 10 heteroatoms. The molecule has 1 heterocycles. The number of nitrogens with two attached hydrogens (primary N) is 1.